The molecule has 2 amide bonds. The van der Waals surface area contributed by atoms with Gasteiger partial charge in [-0.1, -0.05) is 30.3 Å². The van der Waals surface area contributed by atoms with Crippen LogP contribution in [0.25, 0.3) is 11.3 Å². The van der Waals surface area contributed by atoms with Crippen molar-refractivity contribution in [1.82, 2.24) is 24.5 Å². The minimum Gasteiger partial charge on any atom is -0.324 e. The van der Waals surface area contributed by atoms with E-state index in [1.165, 1.54) is 0 Å². The van der Waals surface area contributed by atoms with E-state index in [1.54, 1.807) is 4.68 Å². The van der Waals surface area contributed by atoms with Crippen molar-refractivity contribution in [1.29, 1.82) is 0 Å². The number of benzene rings is 1. The molecule has 7 nitrogen and oxygen atoms in total. The molecule has 1 aromatic carbocycles. The Bertz CT molecular complexity index is 894. The normalized spacial score (nSPS) is 15.0. The third kappa shape index (κ3) is 4.24. The van der Waals surface area contributed by atoms with E-state index in [-0.39, 0.29) is 6.03 Å². The molecule has 0 aliphatic carbocycles. The van der Waals surface area contributed by atoms with Crippen molar-refractivity contribution in [2.45, 2.75) is 25.8 Å². The maximum Gasteiger partial charge on any atom is 0.322 e. The fourth-order valence-corrected chi connectivity index (χ4v) is 3.70. The molecule has 0 atom stereocenters. The lowest BCUT2D eigenvalue weighted by molar-refractivity contribution is 0.177. The van der Waals surface area contributed by atoms with Crippen LogP contribution in [0.4, 0.5) is 10.6 Å². The van der Waals surface area contributed by atoms with Gasteiger partial charge in [0.15, 0.2) is 0 Å². The van der Waals surface area contributed by atoms with Gasteiger partial charge in [-0.05, 0) is 31.2 Å². The van der Waals surface area contributed by atoms with Gasteiger partial charge in [0.1, 0.15) is 5.82 Å². The molecule has 1 N–H and O–H groups in total. The molecule has 1 aliphatic rings. The summed E-state index contributed by atoms with van der Waals surface area (Å²) in [7, 11) is 1.85. The number of carbonyl (C=O) groups is 1. The lowest BCUT2D eigenvalue weighted by atomic mass is 9.94. The summed E-state index contributed by atoms with van der Waals surface area (Å²) < 4.78 is 3.70. The standard InChI is InChI=1S/C21H26N6O/c1-25-20(16-19(24-25)18-6-3-2-4-7-18)23-21(28)26-13-8-17(9-14-26)10-15-27-12-5-11-22-27/h2-7,11-12,16-17H,8-10,13-15H2,1H3,(H,23,28). The van der Waals surface area contributed by atoms with Crippen LogP contribution in [0, 0.1) is 5.92 Å². The SMILES string of the molecule is Cn1nc(-c2ccccc2)cc1NC(=O)N1CCC(CCn2cccn2)CC1. The molecule has 3 heterocycles. The number of urea groups is 1. The summed E-state index contributed by atoms with van der Waals surface area (Å²) >= 11 is 0. The van der Waals surface area contributed by atoms with Gasteiger partial charge in [0.2, 0.25) is 0 Å². The van der Waals surface area contributed by atoms with E-state index >= 15 is 0 Å². The molecule has 0 radical (unpaired) electrons. The average Bonchev–Trinajstić information content (AvgIpc) is 3.38. The third-order valence-corrected chi connectivity index (χ3v) is 5.41. The van der Waals surface area contributed by atoms with E-state index in [0.29, 0.717) is 11.7 Å². The van der Waals surface area contributed by atoms with Crippen LogP contribution in [0.3, 0.4) is 0 Å². The number of anilines is 1. The lowest BCUT2D eigenvalue weighted by Gasteiger charge is -2.32. The Balaban J connectivity index is 1.29. The molecule has 3 aromatic rings. The van der Waals surface area contributed by atoms with Crippen molar-refractivity contribution in [2.24, 2.45) is 13.0 Å². The van der Waals surface area contributed by atoms with Gasteiger partial charge in [-0.15, -0.1) is 0 Å². The monoisotopic (exact) mass is 378 g/mol. The quantitative estimate of drug-likeness (QED) is 0.737. The number of hydrogen-bond acceptors (Lipinski definition) is 3. The molecular weight excluding hydrogens is 352 g/mol. The second-order valence-corrected chi connectivity index (χ2v) is 7.32. The number of nitrogens with one attached hydrogen (secondary N) is 1. The minimum absolute atomic E-state index is 0.0480. The van der Waals surface area contributed by atoms with Crippen LogP contribution in [-0.4, -0.2) is 43.6 Å². The van der Waals surface area contributed by atoms with Crippen LogP contribution in [0.5, 0.6) is 0 Å². The van der Waals surface area contributed by atoms with Crippen LogP contribution in [0.2, 0.25) is 0 Å². The topological polar surface area (TPSA) is 68.0 Å². The Kier molecular flexibility index (Phi) is 5.41. The summed E-state index contributed by atoms with van der Waals surface area (Å²) in [5, 5.41) is 11.8. The summed E-state index contributed by atoms with van der Waals surface area (Å²) in [6.45, 7) is 2.53. The zero-order valence-electron chi connectivity index (χ0n) is 16.2. The van der Waals surface area contributed by atoms with Crippen LogP contribution < -0.4 is 5.32 Å². The third-order valence-electron chi connectivity index (χ3n) is 5.41. The number of nitrogens with zero attached hydrogens (tertiary/aromatic N) is 5. The van der Waals surface area contributed by atoms with Crippen molar-refractivity contribution >= 4 is 11.8 Å². The summed E-state index contributed by atoms with van der Waals surface area (Å²) in [6, 6.07) is 13.8. The molecule has 28 heavy (non-hydrogen) atoms. The molecule has 0 spiro atoms. The number of amides is 2. The van der Waals surface area contributed by atoms with Gasteiger partial charge in [-0.25, -0.2) is 4.79 Å². The van der Waals surface area contributed by atoms with Gasteiger partial charge in [-0.3, -0.25) is 14.7 Å². The maximum absolute atomic E-state index is 12.7. The summed E-state index contributed by atoms with van der Waals surface area (Å²) in [5.74, 6) is 1.36. The molecule has 0 unspecified atom stereocenters. The molecule has 1 saturated heterocycles. The van der Waals surface area contributed by atoms with Crippen molar-refractivity contribution < 1.29 is 4.79 Å². The second-order valence-electron chi connectivity index (χ2n) is 7.32. The average molecular weight is 378 g/mol. The predicted molar refractivity (Wildman–Crippen MR) is 109 cm³/mol. The Labute approximate surface area is 165 Å². The van der Waals surface area contributed by atoms with Crippen molar-refractivity contribution in [3.05, 3.63) is 54.9 Å². The lowest BCUT2D eigenvalue weighted by Crippen LogP contribution is -2.41. The van der Waals surface area contributed by atoms with E-state index in [2.05, 4.69) is 15.5 Å². The number of carbonyl (C=O) groups excluding carboxylic acids is 1. The van der Waals surface area contributed by atoms with Gasteiger partial charge in [-0.2, -0.15) is 10.2 Å². The first-order valence-corrected chi connectivity index (χ1v) is 9.82. The fourth-order valence-electron chi connectivity index (χ4n) is 3.70. The zero-order chi connectivity index (χ0) is 19.3. The first-order chi connectivity index (χ1) is 13.7. The molecule has 0 saturated carbocycles. The van der Waals surface area contributed by atoms with Crippen LogP contribution in [-0.2, 0) is 13.6 Å². The number of aryl methyl sites for hydroxylation is 2. The van der Waals surface area contributed by atoms with Crippen LogP contribution in [0.15, 0.2) is 54.9 Å². The molecule has 146 valence electrons. The summed E-state index contributed by atoms with van der Waals surface area (Å²) in [5.41, 5.74) is 1.90. The number of likely N-dealkylation sites (tertiary alicyclic amines) is 1. The van der Waals surface area contributed by atoms with Crippen molar-refractivity contribution in [3.63, 3.8) is 0 Å². The Hall–Kier alpha value is -3.09. The second kappa shape index (κ2) is 8.29. The summed E-state index contributed by atoms with van der Waals surface area (Å²) in [4.78, 5) is 14.6. The van der Waals surface area contributed by atoms with Gasteiger partial charge in [0, 0.05) is 50.7 Å². The van der Waals surface area contributed by atoms with Crippen molar-refractivity contribution in [2.75, 3.05) is 18.4 Å². The van der Waals surface area contributed by atoms with Crippen LogP contribution >= 0.6 is 0 Å². The van der Waals surface area contributed by atoms with Gasteiger partial charge in [0.05, 0.1) is 5.69 Å². The Morgan fingerprint density at radius 2 is 1.96 bits per heavy atom. The fraction of sp³-hybridized carbons (Fsp3) is 0.381. The van der Waals surface area contributed by atoms with Crippen molar-refractivity contribution in [3.8, 4) is 11.3 Å². The number of rotatable bonds is 5. The molecule has 1 aliphatic heterocycles. The minimum atomic E-state index is -0.0480. The van der Waals surface area contributed by atoms with E-state index in [0.717, 1.165) is 50.2 Å². The molecule has 0 bridgehead atoms. The number of aromatic nitrogens is 4. The highest BCUT2D eigenvalue weighted by molar-refractivity contribution is 5.89. The van der Waals surface area contributed by atoms with Crippen LogP contribution in [0.1, 0.15) is 19.3 Å². The van der Waals surface area contributed by atoms with Gasteiger partial charge < -0.3 is 4.90 Å². The van der Waals surface area contributed by atoms with E-state index in [4.69, 9.17) is 0 Å². The summed E-state index contributed by atoms with van der Waals surface area (Å²) in [6.07, 6.45) is 7.00. The number of piperidine rings is 1. The predicted octanol–water partition coefficient (Wildman–Crippen LogP) is 3.62. The first-order valence-electron chi connectivity index (χ1n) is 9.82. The highest BCUT2D eigenvalue weighted by atomic mass is 16.2. The molecule has 2 aromatic heterocycles. The largest absolute Gasteiger partial charge is 0.324 e. The molecule has 1 fully saturated rings. The highest BCUT2D eigenvalue weighted by Gasteiger charge is 2.23. The zero-order valence-corrected chi connectivity index (χ0v) is 16.2. The number of hydrogen-bond donors (Lipinski definition) is 1. The van der Waals surface area contributed by atoms with Gasteiger partial charge in [0.25, 0.3) is 0 Å². The van der Waals surface area contributed by atoms with E-state index in [1.807, 2.05) is 71.5 Å². The maximum atomic E-state index is 12.7. The Morgan fingerprint density at radius 1 is 1.18 bits per heavy atom. The first kappa shape index (κ1) is 18.3. The molecule has 7 heteroatoms. The smallest absolute Gasteiger partial charge is 0.322 e. The molecule has 4 rings (SSSR count). The van der Waals surface area contributed by atoms with E-state index in [9.17, 15) is 4.79 Å². The Morgan fingerprint density at radius 3 is 2.68 bits per heavy atom. The molecular formula is C21H26N6O. The van der Waals surface area contributed by atoms with E-state index < -0.39 is 0 Å². The van der Waals surface area contributed by atoms with Gasteiger partial charge >= 0.3 is 6.03 Å². The highest BCUT2D eigenvalue weighted by Crippen LogP contribution is 2.23.